The van der Waals surface area contributed by atoms with Crippen LogP contribution in [0.15, 0.2) is 145 Å². The van der Waals surface area contributed by atoms with E-state index in [2.05, 4.69) is 5.32 Å². The van der Waals surface area contributed by atoms with E-state index in [0.717, 1.165) is 24.5 Å². The molecule has 7 fully saturated rings. The van der Waals surface area contributed by atoms with Crippen LogP contribution in [0.25, 0.3) is 0 Å². The number of anilines is 2. The lowest BCUT2D eigenvalue weighted by atomic mass is 9.44. The number of ether oxygens (including phenoxy) is 5. The fourth-order valence-electron chi connectivity index (χ4n) is 17.7. The number of fused-ring (bicyclic) bond motifs is 12. The molecular weight excluding hydrogens is 1250 g/mol. The van der Waals surface area contributed by atoms with Gasteiger partial charge in [0.1, 0.15) is 60.4 Å². The predicted octanol–water partition coefficient (Wildman–Crippen LogP) is 9.91. The monoisotopic (exact) mass is 1330 g/mol. The Kier molecular flexibility index (Phi) is 18.1. The highest BCUT2D eigenvalue weighted by Gasteiger charge is 2.81. The van der Waals surface area contributed by atoms with Gasteiger partial charge in [0, 0.05) is 56.0 Å². The van der Waals surface area contributed by atoms with Crippen molar-refractivity contribution in [1.29, 1.82) is 0 Å². The minimum absolute atomic E-state index is 0.0216. The lowest BCUT2D eigenvalue weighted by molar-refractivity contribution is -0.235. The SMILES string of the molecule is CC(C)(C)OC(=O)Nc1ccc(Oc2ccc(C=O)cc2)cc1.C[C@]12C=CC(=O)C=C1[C@@H](F)C[C@H]1[C@@H]3C[C@@H](O)[C@](O)(C(=O)CO)[C@@]3(C)C[C@H](O)[C@@]12F.C[C@]12C=CC(=O)C=C1[C@@H](F)C[C@H]1[C@@H]3C[C@H]4O[C@@H](c5ccc(Oc6ccc(N)cc6)cc5)O[C@@]4(C(=O)CO)[C@@]3(C)C[C@H](O)[C@@]12F. The molecule has 0 unspecified atom stereocenters. The van der Waals surface area contributed by atoms with E-state index in [1.807, 2.05) is 0 Å². The Labute approximate surface area is 552 Å². The third kappa shape index (κ3) is 11.0. The molecule has 19 atom stereocenters. The largest absolute Gasteiger partial charge is 0.457 e. The quantitative estimate of drug-likeness (QED) is 0.0393. The van der Waals surface area contributed by atoms with Crippen LogP contribution in [0.2, 0.25) is 0 Å². The zero-order valence-electron chi connectivity index (χ0n) is 54.0. The van der Waals surface area contributed by atoms with Crippen LogP contribution in [0.4, 0.5) is 33.7 Å². The molecule has 23 heteroatoms. The highest BCUT2D eigenvalue weighted by atomic mass is 19.2. The topological polar surface area (TPSA) is 308 Å². The van der Waals surface area contributed by atoms with Crippen molar-refractivity contribution in [3.63, 3.8) is 0 Å². The van der Waals surface area contributed by atoms with E-state index in [4.69, 9.17) is 29.4 Å². The number of amides is 1. The van der Waals surface area contributed by atoms with Gasteiger partial charge < -0.3 is 60.1 Å². The van der Waals surface area contributed by atoms with Crippen LogP contribution < -0.4 is 20.5 Å². The number of aliphatic hydroxyl groups is 6. The van der Waals surface area contributed by atoms with E-state index in [1.54, 1.807) is 125 Å². The molecule has 9 aliphatic rings. The minimum atomic E-state index is -2.37. The normalized spacial score (nSPS) is 38.1. The number of hydrogen-bond acceptors (Lipinski definition) is 18. The fourth-order valence-corrected chi connectivity index (χ4v) is 17.7. The summed E-state index contributed by atoms with van der Waals surface area (Å²) in [5.74, 6) is -3.63. The average molecular weight is 1330 g/mol. The van der Waals surface area contributed by atoms with Crippen molar-refractivity contribution in [3.05, 3.63) is 156 Å². The van der Waals surface area contributed by atoms with Gasteiger partial charge in [-0.05, 0) is 205 Å². The van der Waals surface area contributed by atoms with Crippen LogP contribution in [0.1, 0.15) is 109 Å². The van der Waals surface area contributed by atoms with E-state index in [9.17, 15) is 59.4 Å². The van der Waals surface area contributed by atoms with E-state index >= 15 is 17.6 Å². The molecule has 4 aromatic carbocycles. The first-order valence-corrected chi connectivity index (χ1v) is 32.0. The maximum atomic E-state index is 17.5. The van der Waals surface area contributed by atoms with Gasteiger partial charge in [0.15, 0.2) is 52.0 Å². The van der Waals surface area contributed by atoms with Crippen molar-refractivity contribution in [1.82, 2.24) is 0 Å². The van der Waals surface area contributed by atoms with Crippen LogP contribution >= 0.6 is 0 Å². The third-order valence-electron chi connectivity index (χ3n) is 22.4. The molecule has 19 nitrogen and oxygen atoms in total. The van der Waals surface area contributed by atoms with Crippen LogP contribution in [0.3, 0.4) is 0 Å². The fraction of sp³-hybridized carbons (Fsp3) is 0.479. The molecule has 13 rings (SSSR count). The number of Topliss-reactive ketones (excluding diaryl/α,β-unsaturated/α-hetero) is 2. The van der Waals surface area contributed by atoms with Gasteiger partial charge in [0.25, 0.3) is 0 Å². The Morgan fingerprint density at radius 2 is 1.08 bits per heavy atom. The summed E-state index contributed by atoms with van der Waals surface area (Å²) in [6, 6.07) is 27.6. The molecule has 512 valence electrons. The number of halogens is 4. The maximum absolute atomic E-state index is 17.5. The minimum Gasteiger partial charge on any atom is -0.457 e. The van der Waals surface area contributed by atoms with E-state index < -0.39 is 159 Å². The average Bonchev–Trinajstić information content (AvgIpc) is 1.43. The summed E-state index contributed by atoms with van der Waals surface area (Å²) in [5, 5.41) is 66.4. The molecular formula is C73H80F4N2O17. The Morgan fingerprint density at radius 1 is 0.635 bits per heavy atom. The highest BCUT2D eigenvalue weighted by molar-refractivity contribution is 6.02. The van der Waals surface area contributed by atoms with Crippen molar-refractivity contribution < 1.29 is 101 Å². The Morgan fingerprint density at radius 3 is 1.55 bits per heavy atom. The van der Waals surface area contributed by atoms with Gasteiger partial charge in [0.2, 0.25) is 0 Å². The predicted molar refractivity (Wildman–Crippen MR) is 340 cm³/mol. The molecule has 0 radical (unpaired) electrons. The smallest absolute Gasteiger partial charge is 0.412 e. The molecule has 1 amide bonds. The van der Waals surface area contributed by atoms with Crippen LogP contribution in [0.5, 0.6) is 23.0 Å². The van der Waals surface area contributed by atoms with Crippen molar-refractivity contribution in [2.24, 2.45) is 45.3 Å². The maximum Gasteiger partial charge on any atom is 0.412 e. The number of nitrogens with two attached hydrogens (primary N) is 1. The van der Waals surface area contributed by atoms with Crippen molar-refractivity contribution in [2.45, 2.75) is 158 Å². The molecule has 0 spiro atoms. The van der Waals surface area contributed by atoms with Crippen molar-refractivity contribution >= 4 is 46.9 Å². The number of carbonyl (C=O) groups excluding carboxylic acids is 6. The summed E-state index contributed by atoms with van der Waals surface area (Å²) >= 11 is 0. The molecule has 1 heterocycles. The summed E-state index contributed by atoms with van der Waals surface area (Å²) in [6.45, 7) is 9.77. The molecule has 1 aliphatic heterocycles. The summed E-state index contributed by atoms with van der Waals surface area (Å²) in [4.78, 5) is 72.2. The van der Waals surface area contributed by atoms with Crippen molar-refractivity contribution in [3.8, 4) is 23.0 Å². The van der Waals surface area contributed by atoms with Crippen LogP contribution in [-0.4, -0.2) is 144 Å². The molecule has 4 aromatic rings. The van der Waals surface area contributed by atoms with Gasteiger partial charge in [-0.15, -0.1) is 0 Å². The molecule has 1 saturated heterocycles. The number of allylic oxidation sites excluding steroid dienone is 8. The summed E-state index contributed by atoms with van der Waals surface area (Å²) in [5.41, 5.74) is -6.83. The van der Waals surface area contributed by atoms with Crippen LogP contribution in [-0.2, 0) is 33.4 Å². The number of benzene rings is 4. The number of hydrogen-bond donors (Lipinski definition) is 8. The second-order valence-electron chi connectivity index (χ2n) is 28.6. The zero-order valence-corrected chi connectivity index (χ0v) is 54.0. The Hall–Kier alpha value is -7.74. The van der Waals surface area contributed by atoms with Crippen molar-refractivity contribution in [2.75, 3.05) is 24.3 Å². The Bertz CT molecular complexity index is 3840. The molecule has 0 bridgehead atoms. The lowest BCUT2D eigenvalue weighted by Gasteiger charge is -2.63. The van der Waals surface area contributed by atoms with E-state index in [-0.39, 0.29) is 49.7 Å². The molecule has 96 heavy (non-hydrogen) atoms. The molecule has 6 saturated carbocycles. The standard InChI is InChI=1S/C34H35F2NO7.C21H26F2O6.C18H19NO4/c1-31-12-11-20(39)13-25(31)26(35)14-24-23-15-29-34(28(41)17-38,32(23,2)16-27(40)33(24,31)36)44-30(43-29)18-3-7-21(8-4-18)42-22-9-5-19(37)6-10-22;1-18-4-3-10(25)5-13(18)14(22)6-12-11-7-15(26)21(29,17(28)9-24)19(11,2)8-16(27)20(12,18)23;1-18(2,3)23-17(21)19-14-6-10-16(11-7-14)22-15-8-4-13(12-20)5-9-15/h3-13,23-24,26-27,29-30,38,40H,14-17,37H2,1-2H3;3-5,11-12,14-16,24,26-27,29H,6-9H2,1-2H3;4-12H,1-3H3,(H,19,21)/t23-,24-,26-,27-,29+,30+,31-,32-,33-,34+;11-,12-,14-,15+,16-,18-,19-,20-,21-;/m00./s1. The first kappa shape index (κ1) is 69.6. The number of alkyl halides is 4. The van der Waals surface area contributed by atoms with E-state index in [1.165, 1.54) is 39.0 Å². The van der Waals surface area contributed by atoms with Gasteiger partial charge in [-0.2, -0.15) is 0 Å². The summed E-state index contributed by atoms with van der Waals surface area (Å²) < 4.78 is 94.8. The Balaban J connectivity index is 0.000000156. The molecule has 9 N–H and O–H groups in total. The number of aldehydes is 1. The van der Waals surface area contributed by atoms with Gasteiger partial charge in [0.05, 0.1) is 24.4 Å². The van der Waals surface area contributed by atoms with E-state index in [0.29, 0.717) is 45.5 Å². The zero-order chi connectivity index (χ0) is 69.7. The van der Waals surface area contributed by atoms with Crippen LogP contribution in [0, 0.1) is 45.3 Å². The number of nitrogens with one attached hydrogen (secondary N) is 1. The first-order chi connectivity index (χ1) is 45.1. The number of carbonyl (C=O) groups is 6. The summed E-state index contributed by atoms with van der Waals surface area (Å²) in [6.07, 6.45) is -3.52. The number of rotatable bonds is 11. The second kappa shape index (κ2) is 25.0. The van der Waals surface area contributed by atoms with Gasteiger partial charge in [-0.3, -0.25) is 29.3 Å². The second-order valence-corrected chi connectivity index (χ2v) is 28.6. The number of ketones is 4. The molecule has 0 aromatic heterocycles. The van der Waals surface area contributed by atoms with Gasteiger partial charge in [-0.25, -0.2) is 22.4 Å². The van der Waals surface area contributed by atoms with Gasteiger partial charge in [-0.1, -0.05) is 38.1 Å². The molecule has 8 aliphatic carbocycles. The van der Waals surface area contributed by atoms with Gasteiger partial charge >= 0.3 is 6.09 Å². The summed E-state index contributed by atoms with van der Waals surface area (Å²) in [7, 11) is 0. The third-order valence-corrected chi connectivity index (χ3v) is 22.4. The highest BCUT2D eigenvalue weighted by Crippen LogP contribution is 2.74. The lowest BCUT2D eigenvalue weighted by Crippen LogP contribution is -2.70. The number of aliphatic hydroxyl groups excluding tert-OH is 5. The first-order valence-electron chi connectivity index (χ1n) is 32.0. The number of nitrogen functional groups attached to an aromatic ring is 1.